The molecule has 0 spiro atoms. The van der Waals surface area contributed by atoms with Crippen molar-refractivity contribution in [1.82, 2.24) is 15.5 Å². The Morgan fingerprint density at radius 3 is 2.83 bits per heavy atom. The molecule has 6 heteroatoms. The minimum Gasteiger partial charge on any atom is -0.349 e. The van der Waals surface area contributed by atoms with Crippen molar-refractivity contribution < 1.29 is 9.32 Å². The molecule has 1 amide bonds. The summed E-state index contributed by atoms with van der Waals surface area (Å²) in [7, 11) is 0. The van der Waals surface area contributed by atoms with Crippen LogP contribution in [0, 0.1) is 18.8 Å². The molecule has 0 aromatic carbocycles. The van der Waals surface area contributed by atoms with E-state index in [-0.39, 0.29) is 18.0 Å². The van der Waals surface area contributed by atoms with Gasteiger partial charge in [0, 0.05) is 18.3 Å². The SMILES string of the molecule is Cc1noc2ncc(C(=O)NC3C4CCCC3CC(N)C4)cc12. The zero-order chi connectivity index (χ0) is 16.0. The van der Waals surface area contributed by atoms with E-state index in [2.05, 4.69) is 15.5 Å². The molecule has 2 aromatic heterocycles. The van der Waals surface area contributed by atoms with Gasteiger partial charge in [0.2, 0.25) is 0 Å². The van der Waals surface area contributed by atoms with Gasteiger partial charge in [-0.3, -0.25) is 4.79 Å². The predicted octanol–water partition coefficient (Wildman–Crippen LogP) is 2.17. The second-order valence-electron chi connectivity index (χ2n) is 7.03. The van der Waals surface area contributed by atoms with Gasteiger partial charge in [-0.2, -0.15) is 0 Å². The van der Waals surface area contributed by atoms with Gasteiger partial charge in [-0.1, -0.05) is 11.6 Å². The summed E-state index contributed by atoms with van der Waals surface area (Å²) < 4.78 is 5.10. The van der Waals surface area contributed by atoms with Crippen LogP contribution in [0.15, 0.2) is 16.8 Å². The first-order valence-corrected chi connectivity index (χ1v) is 8.40. The Morgan fingerprint density at radius 2 is 2.09 bits per heavy atom. The molecular weight excluding hydrogens is 292 g/mol. The lowest BCUT2D eigenvalue weighted by atomic mass is 9.67. The highest BCUT2D eigenvalue weighted by Gasteiger charge is 2.40. The van der Waals surface area contributed by atoms with Gasteiger partial charge in [-0.15, -0.1) is 0 Å². The van der Waals surface area contributed by atoms with Crippen molar-refractivity contribution in [3.8, 4) is 0 Å². The Bertz CT molecular complexity index is 727. The highest BCUT2D eigenvalue weighted by Crippen LogP contribution is 2.39. The molecule has 2 fully saturated rings. The Morgan fingerprint density at radius 1 is 1.35 bits per heavy atom. The lowest BCUT2D eigenvalue weighted by molar-refractivity contribution is 0.0756. The summed E-state index contributed by atoms with van der Waals surface area (Å²) in [6.45, 7) is 1.85. The van der Waals surface area contributed by atoms with Crippen molar-refractivity contribution in [3.05, 3.63) is 23.5 Å². The summed E-state index contributed by atoms with van der Waals surface area (Å²) in [5, 5.41) is 7.93. The molecule has 2 bridgehead atoms. The monoisotopic (exact) mass is 314 g/mol. The molecule has 2 atom stereocenters. The van der Waals surface area contributed by atoms with E-state index < -0.39 is 0 Å². The third-order valence-corrected chi connectivity index (χ3v) is 5.45. The number of aromatic nitrogens is 2. The maximum Gasteiger partial charge on any atom is 0.257 e. The first-order chi connectivity index (χ1) is 11.1. The number of amides is 1. The molecule has 2 saturated carbocycles. The van der Waals surface area contributed by atoms with Gasteiger partial charge in [-0.25, -0.2) is 4.98 Å². The van der Waals surface area contributed by atoms with Crippen molar-refractivity contribution in [2.24, 2.45) is 17.6 Å². The fraction of sp³-hybridized carbons (Fsp3) is 0.588. The van der Waals surface area contributed by atoms with Gasteiger partial charge in [0.1, 0.15) is 0 Å². The van der Waals surface area contributed by atoms with Crippen molar-refractivity contribution in [1.29, 1.82) is 0 Å². The molecule has 2 heterocycles. The van der Waals surface area contributed by atoms with Crippen LogP contribution in [0.3, 0.4) is 0 Å². The number of hydrogen-bond donors (Lipinski definition) is 2. The molecule has 3 N–H and O–H groups in total. The van der Waals surface area contributed by atoms with E-state index in [4.69, 9.17) is 10.3 Å². The normalized spacial score (nSPS) is 30.3. The number of pyridine rings is 1. The van der Waals surface area contributed by atoms with Crippen LogP contribution in [-0.2, 0) is 0 Å². The predicted molar refractivity (Wildman–Crippen MR) is 85.8 cm³/mol. The number of carbonyl (C=O) groups is 1. The van der Waals surface area contributed by atoms with E-state index in [1.165, 1.54) is 6.42 Å². The average molecular weight is 314 g/mol. The van der Waals surface area contributed by atoms with Gasteiger partial charge in [0.05, 0.1) is 16.6 Å². The Hall–Kier alpha value is -1.95. The number of nitrogens with one attached hydrogen (secondary N) is 1. The van der Waals surface area contributed by atoms with Gasteiger partial charge in [-0.05, 0) is 50.5 Å². The molecule has 4 rings (SSSR count). The number of fused-ring (bicyclic) bond motifs is 3. The van der Waals surface area contributed by atoms with Crippen molar-refractivity contribution in [2.45, 2.75) is 51.1 Å². The molecule has 2 aliphatic carbocycles. The molecule has 0 radical (unpaired) electrons. The molecule has 122 valence electrons. The maximum atomic E-state index is 12.7. The first-order valence-electron chi connectivity index (χ1n) is 8.40. The summed E-state index contributed by atoms with van der Waals surface area (Å²) in [6, 6.07) is 2.35. The van der Waals surface area contributed by atoms with E-state index in [9.17, 15) is 4.79 Å². The van der Waals surface area contributed by atoms with Crippen LogP contribution in [0.1, 0.15) is 48.2 Å². The number of carbonyl (C=O) groups excluding carboxylic acids is 1. The van der Waals surface area contributed by atoms with E-state index in [0.29, 0.717) is 23.1 Å². The second kappa shape index (κ2) is 5.60. The summed E-state index contributed by atoms with van der Waals surface area (Å²) in [5.74, 6) is 0.961. The van der Waals surface area contributed by atoms with Crippen LogP contribution >= 0.6 is 0 Å². The van der Waals surface area contributed by atoms with E-state index in [0.717, 1.165) is 36.8 Å². The Kier molecular flexibility index (Phi) is 3.56. The first kappa shape index (κ1) is 14.6. The molecular formula is C17H22N4O2. The summed E-state index contributed by atoms with van der Waals surface area (Å²) >= 11 is 0. The summed E-state index contributed by atoms with van der Waals surface area (Å²) in [4.78, 5) is 16.9. The highest BCUT2D eigenvalue weighted by atomic mass is 16.5. The molecule has 23 heavy (non-hydrogen) atoms. The second-order valence-corrected chi connectivity index (χ2v) is 7.03. The number of nitrogens with zero attached hydrogens (tertiary/aromatic N) is 2. The van der Waals surface area contributed by atoms with Crippen molar-refractivity contribution in [3.63, 3.8) is 0 Å². The summed E-state index contributed by atoms with van der Waals surface area (Å²) in [5.41, 5.74) is 7.95. The van der Waals surface area contributed by atoms with Crippen molar-refractivity contribution in [2.75, 3.05) is 0 Å². The van der Waals surface area contributed by atoms with Crippen LogP contribution in [-0.4, -0.2) is 28.1 Å². The molecule has 6 nitrogen and oxygen atoms in total. The molecule has 0 saturated heterocycles. The smallest absolute Gasteiger partial charge is 0.257 e. The number of rotatable bonds is 2. The van der Waals surface area contributed by atoms with Crippen molar-refractivity contribution >= 4 is 17.0 Å². The molecule has 2 aromatic rings. The third-order valence-electron chi connectivity index (χ3n) is 5.45. The fourth-order valence-corrected chi connectivity index (χ4v) is 4.33. The minimum atomic E-state index is -0.0580. The lowest BCUT2D eigenvalue weighted by Crippen LogP contribution is -2.53. The summed E-state index contributed by atoms with van der Waals surface area (Å²) in [6.07, 6.45) is 7.18. The molecule has 0 aliphatic heterocycles. The average Bonchev–Trinajstić information content (AvgIpc) is 2.89. The van der Waals surface area contributed by atoms with Gasteiger partial charge >= 0.3 is 0 Å². The zero-order valence-corrected chi connectivity index (χ0v) is 13.3. The largest absolute Gasteiger partial charge is 0.349 e. The highest BCUT2D eigenvalue weighted by molar-refractivity contribution is 5.97. The van der Waals surface area contributed by atoms with Gasteiger partial charge in [0.15, 0.2) is 0 Å². The Balaban J connectivity index is 1.55. The van der Waals surface area contributed by atoms with E-state index in [1.54, 1.807) is 6.20 Å². The standard InChI is InChI=1S/C17H22N4O2/c1-9-14-7-12(8-19-17(14)23-21-9)16(22)20-15-10-3-2-4-11(15)6-13(18)5-10/h7-8,10-11,13,15H,2-6,18H2,1H3,(H,20,22). The number of aryl methyl sites for hydroxylation is 1. The lowest BCUT2D eigenvalue weighted by Gasteiger charge is -2.45. The Labute approximate surface area is 134 Å². The number of nitrogens with two attached hydrogens (primary N) is 1. The van der Waals surface area contributed by atoms with Crippen LogP contribution in [0.2, 0.25) is 0 Å². The van der Waals surface area contributed by atoms with Crippen LogP contribution in [0.25, 0.3) is 11.1 Å². The minimum absolute atomic E-state index is 0.0580. The molecule has 2 aliphatic rings. The van der Waals surface area contributed by atoms with Gasteiger partial charge < -0.3 is 15.6 Å². The molecule has 2 unspecified atom stereocenters. The topological polar surface area (TPSA) is 94.0 Å². The van der Waals surface area contributed by atoms with Crippen LogP contribution in [0.5, 0.6) is 0 Å². The maximum absolute atomic E-state index is 12.7. The van der Waals surface area contributed by atoms with Crippen LogP contribution in [0.4, 0.5) is 0 Å². The van der Waals surface area contributed by atoms with Gasteiger partial charge in [0.25, 0.3) is 11.6 Å². The fourth-order valence-electron chi connectivity index (χ4n) is 4.33. The number of hydrogen-bond acceptors (Lipinski definition) is 5. The van der Waals surface area contributed by atoms with E-state index >= 15 is 0 Å². The zero-order valence-electron chi connectivity index (χ0n) is 13.3. The third kappa shape index (κ3) is 2.61. The van der Waals surface area contributed by atoms with E-state index in [1.807, 2.05) is 13.0 Å². The quantitative estimate of drug-likeness (QED) is 0.886. The van der Waals surface area contributed by atoms with Crippen LogP contribution < -0.4 is 11.1 Å².